The molecule has 0 saturated carbocycles. The highest BCUT2D eigenvalue weighted by molar-refractivity contribution is 9.10. The first-order valence-electron chi connectivity index (χ1n) is 5.25. The molecule has 7 heteroatoms. The minimum Gasteiger partial charge on any atom is -0.207 e. The van der Waals surface area contributed by atoms with E-state index >= 15 is 0 Å². The van der Waals surface area contributed by atoms with Crippen molar-refractivity contribution in [3.63, 3.8) is 0 Å². The summed E-state index contributed by atoms with van der Waals surface area (Å²) in [6.07, 6.45) is 0.700. The average Bonchev–Trinajstić information content (AvgIpc) is 2.88. The molecular formula is C11H12BrNO2S3. The summed E-state index contributed by atoms with van der Waals surface area (Å²) < 4.78 is 27.9. The number of rotatable bonds is 5. The lowest BCUT2D eigenvalue weighted by atomic mass is 10.1. The molecule has 0 saturated heterocycles. The van der Waals surface area contributed by atoms with Crippen LogP contribution in [0.2, 0.25) is 0 Å². The zero-order chi connectivity index (χ0) is 13.2. The normalized spacial score (nSPS) is 13.7. The van der Waals surface area contributed by atoms with Gasteiger partial charge in [0.05, 0.1) is 0 Å². The summed E-state index contributed by atoms with van der Waals surface area (Å²) in [7, 11) is -3.42. The molecule has 0 fully saturated rings. The quantitative estimate of drug-likeness (QED) is 0.881. The number of halogens is 1. The summed E-state index contributed by atoms with van der Waals surface area (Å²) in [5, 5.41) is 5.78. The third-order valence-corrected chi connectivity index (χ3v) is 7.30. The molecule has 0 radical (unpaired) electrons. The summed E-state index contributed by atoms with van der Waals surface area (Å²) in [5.74, 6) is 0. The molecule has 3 nitrogen and oxygen atoms in total. The third-order valence-electron chi connectivity index (χ3n) is 2.31. The van der Waals surface area contributed by atoms with E-state index in [1.807, 2.05) is 23.8 Å². The first-order chi connectivity index (χ1) is 8.49. The molecule has 0 aromatic carbocycles. The van der Waals surface area contributed by atoms with Crippen molar-refractivity contribution in [2.45, 2.75) is 23.6 Å². The summed E-state index contributed by atoms with van der Waals surface area (Å²) in [5.41, 5.74) is 1.15. The van der Waals surface area contributed by atoms with Crippen molar-refractivity contribution in [1.82, 2.24) is 4.72 Å². The van der Waals surface area contributed by atoms with Gasteiger partial charge in [0.1, 0.15) is 4.21 Å². The van der Waals surface area contributed by atoms with Gasteiger partial charge in [-0.2, -0.15) is 11.3 Å². The van der Waals surface area contributed by atoms with E-state index in [1.165, 1.54) is 11.3 Å². The molecule has 1 atom stereocenters. The van der Waals surface area contributed by atoms with Crippen LogP contribution in [0.5, 0.6) is 0 Å². The highest BCUT2D eigenvalue weighted by Crippen LogP contribution is 2.27. The second-order valence-corrected chi connectivity index (χ2v) is 8.37. The Bertz CT molecular complexity index is 604. The number of thiophene rings is 2. The minimum absolute atomic E-state index is 0.126. The van der Waals surface area contributed by atoms with Gasteiger partial charge in [0, 0.05) is 10.5 Å². The molecule has 1 N–H and O–H groups in total. The van der Waals surface area contributed by atoms with Gasteiger partial charge >= 0.3 is 0 Å². The van der Waals surface area contributed by atoms with Gasteiger partial charge in [-0.3, -0.25) is 0 Å². The average molecular weight is 366 g/mol. The van der Waals surface area contributed by atoms with Crippen LogP contribution in [0.15, 0.2) is 37.0 Å². The first-order valence-corrected chi connectivity index (χ1v) is 9.35. The fourth-order valence-electron chi connectivity index (χ4n) is 1.59. The standard InChI is InChI=1S/C11H12BrNO2S3/c1-8(6-9-2-4-16-7-9)13-18(14,15)11-10(12)3-5-17-11/h2-5,7-8,13H,6H2,1H3. The van der Waals surface area contributed by atoms with E-state index in [2.05, 4.69) is 20.7 Å². The van der Waals surface area contributed by atoms with Crippen LogP contribution in [-0.4, -0.2) is 14.5 Å². The highest BCUT2D eigenvalue weighted by atomic mass is 79.9. The Hall–Kier alpha value is -0.210. The van der Waals surface area contributed by atoms with E-state index in [1.54, 1.807) is 22.8 Å². The van der Waals surface area contributed by atoms with Crippen molar-refractivity contribution < 1.29 is 8.42 Å². The molecule has 0 amide bonds. The predicted molar refractivity (Wildman–Crippen MR) is 79.8 cm³/mol. The third kappa shape index (κ3) is 3.42. The minimum atomic E-state index is -3.42. The summed E-state index contributed by atoms with van der Waals surface area (Å²) in [6.45, 7) is 1.87. The monoisotopic (exact) mass is 365 g/mol. The van der Waals surface area contributed by atoms with E-state index < -0.39 is 10.0 Å². The number of nitrogens with one attached hydrogen (secondary N) is 1. The maximum Gasteiger partial charge on any atom is 0.251 e. The Morgan fingerprint density at radius 1 is 1.39 bits per heavy atom. The number of hydrogen-bond acceptors (Lipinski definition) is 4. The van der Waals surface area contributed by atoms with Gasteiger partial charge in [-0.1, -0.05) is 0 Å². The number of hydrogen-bond donors (Lipinski definition) is 1. The van der Waals surface area contributed by atoms with Crippen molar-refractivity contribution in [3.05, 3.63) is 38.3 Å². The summed E-state index contributed by atoms with van der Waals surface area (Å²) >= 11 is 6.07. The van der Waals surface area contributed by atoms with Crippen LogP contribution >= 0.6 is 38.6 Å². The Morgan fingerprint density at radius 2 is 2.17 bits per heavy atom. The van der Waals surface area contributed by atoms with Crippen molar-refractivity contribution >= 4 is 48.6 Å². The van der Waals surface area contributed by atoms with Crippen molar-refractivity contribution in [2.24, 2.45) is 0 Å². The molecule has 18 heavy (non-hydrogen) atoms. The van der Waals surface area contributed by atoms with Crippen molar-refractivity contribution in [3.8, 4) is 0 Å². The van der Waals surface area contributed by atoms with E-state index in [-0.39, 0.29) is 6.04 Å². The summed E-state index contributed by atoms with van der Waals surface area (Å²) in [4.78, 5) is 0. The van der Waals surface area contributed by atoms with Crippen LogP contribution in [0, 0.1) is 0 Å². The molecule has 0 aliphatic heterocycles. The molecule has 0 aliphatic rings. The molecule has 2 aromatic heterocycles. The molecule has 0 spiro atoms. The van der Waals surface area contributed by atoms with Crippen LogP contribution < -0.4 is 4.72 Å². The van der Waals surface area contributed by atoms with E-state index in [9.17, 15) is 8.42 Å². The van der Waals surface area contributed by atoms with Gasteiger partial charge in [0.15, 0.2) is 0 Å². The molecule has 1 unspecified atom stereocenters. The van der Waals surface area contributed by atoms with Crippen molar-refractivity contribution in [1.29, 1.82) is 0 Å². The maximum atomic E-state index is 12.1. The Labute approximate surface area is 123 Å². The smallest absolute Gasteiger partial charge is 0.207 e. The van der Waals surface area contributed by atoms with Crippen molar-refractivity contribution in [2.75, 3.05) is 0 Å². The fourth-order valence-corrected chi connectivity index (χ4v) is 5.87. The van der Waals surface area contributed by atoms with Gasteiger partial charge in [-0.25, -0.2) is 13.1 Å². The molecule has 2 heterocycles. The molecule has 2 aromatic rings. The molecule has 0 bridgehead atoms. The van der Waals surface area contributed by atoms with Gasteiger partial charge in [-0.05, 0) is 63.1 Å². The van der Waals surface area contributed by atoms with Gasteiger partial charge in [0.2, 0.25) is 0 Å². The van der Waals surface area contributed by atoms with Crippen LogP contribution in [-0.2, 0) is 16.4 Å². The van der Waals surface area contributed by atoms with E-state index in [0.717, 1.165) is 5.56 Å². The summed E-state index contributed by atoms with van der Waals surface area (Å²) in [6, 6.07) is 3.62. The maximum absolute atomic E-state index is 12.1. The first kappa shape index (κ1) is 14.2. The fraction of sp³-hybridized carbons (Fsp3) is 0.273. The van der Waals surface area contributed by atoms with Crippen LogP contribution in [0.25, 0.3) is 0 Å². The van der Waals surface area contributed by atoms with Gasteiger partial charge in [0.25, 0.3) is 10.0 Å². The lowest BCUT2D eigenvalue weighted by molar-refractivity contribution is 0.561. The Morgan fingerprint density at radius 3 is 2.72 bits per heavy atom. The van der Waals surface area contributed by atoms with Crippen LogP contribution in [0.4, 0.5) is 0 Å². The molecule has 2 rings (SSSR count). The highest BCUT2D eigenvalue weighted by Gasteiger charge is 2.21. The zero-order valence-electron chi connectivity index (χ0n) is 9.59. The Kier molecular flexibility index (Phi) is 4.60. The van der Waals surface area contributed by atoms with Gasteiger partial charge < -0.3 is 0 Å². The second-order valence-electron chi connectivity index (χ2n) is 3.91. The predicted octanol–water partition coefficient (Wildman–Crippen LogP) is 3.48. The van der Waals surface area contributed by atoms with E-state index in [0.29, 0.717) is 15.1 Å². The number of sulfonamides is 1. The largest absolute Gasteiger partial charge is 0.251 e. The zero-order valence-corrected chi connectivity index (χ0v) is 13.6. The molecular weight excluding hydrogens is 354 g/mol. The Balaban J connectivity index is 2.07. The van der Waals surface area contributed by atoms with Gasteiger partial charge in [-0.15, -0.1) is 11.3 Å². The molecule has 0 aliphatic carbocycles. The SMILES string of the molecule is CC(Cc1ccsc1)NS(=O)(=O)c1sccc1Br. The molecule has 98 valence electrons. The topological polar surface area (TPSA) is 46.2 Å². The lowest BCUT2D eigenvalue weighted by Gasteiger charge is -2.12. The lowest BCUT2D eigenvalue weighted by Crippen LogP contribution is -2.33. The second kappa shape index (κ2) is 5.83. The van der Waals surface area contributed by atoms with Crippen LogP contribution in [0.3, 0.4) is 0 Å². The van der Waals surface area contributed by atoms with E-state index in [4.69, 9.17) is 0 Å². The van der Waals surface area contributed by atoms with Crippen LogP contribution in [0.1, 0.15) is 12.5 Å².